The monoisotopic (exact) mass is 259 g/mol. The normalized spacial score (nSPS) is 11.9. The van der Waals surface area contributed by atoms with Crippen LogP contribution >= 0.6 is 0 Å². The van der Waals surface area contributed by atoms with E-state index >= 15 is 0 Å². The molecule has 0 radical (unpaired) electrons. The van der Waals surface area contributed by atoms with Crippen LogP contribution in [0.2, 0.25) is 0 Å². The topological polar surface area (TPSA) is 50.9 Å². The number of nitrogens with two attached hydrogens (primary N) is 1. The highest BCUT2D eigenvalue weighted by molar-refractivity contribution is 5.93. The summed E-state index contributed by atoms with van der Waals surface area (Å²) >= 11 is 0. The summed E-state index contributed by atoms with van der Waals surface area (Å²) in [5.41, 5.74) is 1.10. The second-order valence-electron chi connectivity index (χ2n) is 3.77. The molecule has 3 N–H and O–H groups in total. The van der Waals surface area contributed by atoms with E-state index in [2.05, 4.69) is 10.4 Å². The number of aryl methyl sites for hydroxylation is 1. The molecular weight excluding hydrogens is 250 g/mol. The van der Waals surface area contributed by atoms with E-state index in [-0.39, 0.29) is 16.8 Å². The molecule has 0 aliphatic carbocycles. The third-order valence-corrected chi connectivity index (χ3v) is 2.61. The van der Waals surface area contributed by atoms with Crippen molar-refractivity contribution in [2.45, 2.75) is 13.1 Å². The summed E-state index contributed by atoms with van der Waals surface area (Å²) in [6, 6.07) is 3.28. The lowest BCUT2D eigenvalue weighted by atomic mass is 10.1. The number of pyridine rings is 1. The maximum Gasteiger partial charge on any atom is 0.433 e. The lowest BCUT2D eigenvalue weighted by Gasteiger charge is -2.12. The Balaban J connectivity index is 2.85. The molecule has 7 heteroatoms. The first-order valence-corrected chi connectivity index (χ1v) is 4.98. The van der Waals surface area contributed by atoms with E-state index in [1.54, 1.807) is 0 Å². The predicted octanol–water partition coefficient (Wildman–Crippen LogP) is 2.99. The van der Waals surface area contributed by atoms with Gasteiger partial charge < -0.3 is 5.43 Å². The number of alkyl halides is 3. The average molecular weight is 259 g/mol. The van der Waals surface area contributed by atoms with Crippen LogP contribution in [-0.4, -0.2) is 4.98 Å². The molecule has 0 aliphatic heterocycles. The SMILES string of the molecule is Cc1c(F)ccc2c(NN)cc(C(F)(F)F)nc12. The Labute approximate surface area is 99.6 Å². The number of anilines is 1. The molecule has 0 bridgehead atoms. The van der Waals surface area contributed by atoms with Crippen molar-refractivity contribution in [1.29, 1.82) is 0 Å². The molecule has 0 saturated carbocycles. The smallest absolute Gasteiger partial charge is 0.323 e. The number of hydrogen-bond donors (Lipinski definition) is 2. The minimum atomic E-state index is -4.61. The molecule has 96 valence electrons. The van der Waals surface area contributed by atoms with Crippen molar-refractivity contribution in [3.8, 4) is 0 Å². The lowest BCUT2D eigenvalue weighted by molar-refractivity contribution is -0.140. The number of rotatable bonds is 1. The number of aromatic nitrogens is 1. The number of hydrazine groups is 1. The second kappa shape index (κ2) is 4.09. The first-order valence-electron chi connectivity index (χ1n) is 4.98. The van der Waals surface area contributed by atoms with Crippen LogP contribution in [-0.2, 0) is 6.18 Å². The second-order valence-corrected chi connectivity index (χ2v) is 3.77. The maximum absolute atomic E-state index is 13.3. The molecule has 1 heterocycles. The number of nitrogen functional groups attached to an aromatic ring is 1. The van der Waals surface area contributed by atoms with E-state index in [1.807, 2.05) is 0 Å². The fourth-order valence-corrected chi connectivity index (χ4v) is 1.67. The third-order valence-electron chi connectivity index (χ3n) is 2.61. The first kappa shape index (κ1) is 12.6. The summed E-state index contributed by atoms with van der Waals surface area (Å²) in [6.45, 7) is 1.37. The summed E-state index contributed by atoms with van der Waals surface area (Å²) in [4.78, 5) is 3.45. The van der Waals surface area contributed by atoms with Gasteiger partial charge in [0, 0.05) is 10.9 Å². The zero-order chi connectivity index (χ0) is 13.5. The zero-order valence-electron chi connectivity index (χ0n) is 9.27. The van der Waals surface area contributed by atoms with E-state index in [0.717, 1.165) is 12.1 Å². The summed E-state index contributed by atoms with van der Waals surface area (Å²) in [5, 5.41) is 0.337. The molecule has 0 spiro atoms. The van der Waals surface area contributed by atoms with Crippen molar-refractivity contribution in [2.24, 2.45) is 5.84 Å². The van der Waals surface area contributed by atoms with E-state index in [0.29, 0.717) is 5.39 Å². The van der Waals surface area contributed by atoms with E-state index in [9.17, 15) is 17.6 Å². The van der Waals surface area contributed by atoms with Crippen LogP contribution < -0.4 is 11.3 Å². The molecule has 1 aromatic carbocycles. The van der Waals surface area contributed by atoms with Crippen LogP contribution in [0.3, 0.4) is 0 Å². The average Bonchev–Trinajstić information content (AvgIpc) is 2.31. The molecule has 3 nitrogen and oxygen atoms in total. The number of benzene rings is 1. The molecular formula is C11H9F4N3. The Bertz CT molecular complexity index is 607. The van der Waals surface area contributed by atoms with E-state index < -0.39 is 17.7 Å². The molecule has 2 aromatic rings. The Kier molecular flexibility index (Phi) is 2.86. The van der Waals surface area contributed by atoms with Crippen molar-refractivity contribution < 1.29 is 17.6 Å². The van der Waals surface area contributed by atoms with Gasteiger partial charge in [0.15, 0.2) is 0 Å². The molecule has 1 aromatic heterocycles. The summed E-state index contributed by atoms with van der Waals surface area (Å²) in [6.07, 6.45) is -4.61. The molecule has 0 aliphatic rings. The van der Waals surface area contributed by atoms with Gasteiger partial charge in [0.05, 0.1) is 11.2 Å². The van der Waals surface area contributed by atoms with E-state index in [1.165, 1.54) is 13.0 Å². The number of hydrogen-bond acceptors (Lipinski definition) is 3. The summed E-state index contributed by atoms with van der Waals surface area (Å²) in [7, 11) is 0. The van der Waals surface area contributed by atoms with Gasteiger partial charge in [-0.25, -0.2) is 9.37 Å². The Morgan fingerprint density at radius 1 is 1.28 bits per heavy atom. The molecule has 0 unspecified atom stereocenters. The molecule has 2 rings (SSSR count). The fraction of sp³-hybridized carbons (Fsp3) is 0.182. The number of fused-ring (bicyclic) bond motifs is 1. The molecule has 18 heavy (non-hydrogen) atoms. The Morgan fingerprint density at radius 2 is 1.94 bits per heavy atom. The maximum atomic E-state index is 13.3. The molecule has 0 amide bonds. The molecule has 0 saturated heterocycles. The van der Waals surface area contributed by atoms with Gasteiger partial charge in [-0.3, -0.25) is 5.84 Å². The van der Waals surface area contributed by atoms with Gasteiger partial charge in [0.2, 0.25) is 0 Å². The number of nitrogens with one attached hydrogen (secondary N) is 1. The van der Waals surface area contributed by atoms with Gasteiger partial charge in [0.25, 0.3) is 0 Å². The quantitative estimate of drug-likeness (QED) is 0.470. The molecule has 0 atom stereocenters. The van der Waals surface area contributed by atoms with Crippen LogP contribution in [0.15, 0.2) is 18.2 Å². The predicted molar refractivity (Wildman–Crippen MR) is 59.3 cm³/mol. The van der Waals surface area contributed by atoms with Gasteiger partial charge in [-0.1, -0.05) is 0 Å². The Morgan fingerprint density at radius 3 is 2.50 bits per heavy atom. The van der Waals surface area contributed by atoms with Gasteiger partial charge in [-0.05, 0) is 25.1 Å². The Hall–Kier alpha value is -1.89. The van der Waals surface area contributed by atoms with Gasteiger partial charge >= 0.3 is 6.18 Å². The van der Waals surface area contributed by atoms with Crippen LogP contribution in [0, 0.1) is 12.7 Å². The highest BCUT2D eigenvalue weighted by atomic mass is 19.4. The van der Waals surface area contributed by atoms with Crippen LogP contribution in [0.25, 0.3) is 10.9 Å². The molecule has 0 fully saturated rings. The summed E-state index contributed by atoms with van der Waals surface area (Å²) < 4.78 is 51.3. The van der Waals surface area contributed by atoms with E-state index in [4.69, 9.17) is 5.84 Å². The van der Waals surface area contributed by atoms with Crippen molar-refractivity contribution in [2.75, 3.05) is 5.43 Å². The van der Waals surface area contributed by atoms with Crippen LogP contribution in [0.4, 0.5) is 23.2 Å². The fourth-order valence-electron chi connectivity index (χ4n) is 1.67. The standard InChI is InChI=1S/C11H9F4N3/c1-5-7(12)3-2-6-8(18-16)4-9(11(13,14)15)17-10(5)6/h2-4H,16H2,1H3,(H,17,18). The van der Waals surface area contributed by atoms with Crippen LogP contribution in [0.5, 0.6) is 0 Å². The number of nitrogens with zero attached hydrogens (tertiary/aromatic N) is 1. The van der Waals surface area contributed by atoms with Crippen molar-refractivity contribution in [3.63, 3.8) is 0 Å². The number of halogens is 4. The van der Waals surface area contributed by atoms with Crippen molar-refractivity contribution in [3.05, 3.63) is 35.3 Å². The van der Waals surface area contributed by atoms with Crippen LogP contribution in [0.1, 0.15) is 11.3 Å². The van der Waals surface area contributed by atoms with Crippen molar-refractivity contribution in [1.82, 2.24) is 4.98 Å². The van der Waals surface area contributed by atoms with Gasteiger partial charge in [0.1, 0.15) is 11.5 Å². The lowest BCUT2D eigenvalue weighted by Crippen LogP contribution is -2.13. The van der Waals surface area contributed by atoms with Crippen molar-refractivity contribution >= 4 is 16.6 Å². The highest BCUT2D eigenvalue weighted by Crippen LogP contribution is 2.34. The highest BCUT2D eigenvalue weighted by Gasteiger charge is 2.33. The zero-order valence-corrected chi connectivity index (χ0v) is 9.27. The first-order chi connectivity index (χ1) is 8.34. The largest absolute Gasteiger partial charge is 0.433 e. The minimum Gasteiger partial charge on any atom is -0.323 e. The third kappa shape index (κ3) is 1.97. The van der Waals surface area contributed by atoms with Gasteiger partial charge in [-0.2, -0.15) is 13.2 Å². The summed E-state index contributed by atoms with van der Waals surface area (Å²) in [5.74, 6) is 4.56. The van der Waals surface area contributed by atoms with Gasteiger partial charge in [-0.15, -0.1) is 0 Å². The minimum absolute atomic E-state index is 0.0510.